The van der Waals surface area contributed by atoms with Crippen molar-refractivity contribution in [1.82, 2.24) is 0 Å². The molecule has 0 aliphatic heterocycles. The number of hydrogen-bond acceptors (Lipinski definition) is 2. The largest absolute Gasteiger partial charge is 0.298 e. The van der Waals surface area contributed by atoms with Gasteiger partial charge in [-0.05, 0) is 25.3 Å². The van der Waals surface area contributed by atoms with Gasteiger partial charge in [0, 0.05) is 0 Å². The first-order chi connectivity index (χ1) is 5.70. The van der Waals surface area contributed by atoms with E-state index in [2.05, 4.69) is 18.7 Å². The van der Waals surface area contributed by atoms with E-state index in [-0.39, 0.29) is 5.60 Å². The van der Waals surface area contributed by atoms with Gasteiger partial charge >= 0.3 is 0 Å². The fourth-order valence-electron chi connectivity index (χ4n) is 1.18. The summed E-state index contributed by atoms with van der Waals surface area (Å²) in [5.74, 6) is 5.20. The first kappa shape index (κ1) is 9.23. The second-order valence-corrected chi connectivity index (χ2v) is 3.29. The molecule has 0 aromatic heterocycles. The molecule has 2 heteroatoms. The Hall–Kier alpha value is -0.860. The Morgan fingerprint density at radius 2 is 2.42 bits per heavy atom. The third-order valence-electron chi connectivity index (χ3n) is 2.15. The number of rotatable bonds is 2. The molecular weight excluding hydrogens is 150 g/mol. The second kappa shape index (κ2) is 3.70. The van der Waals surface area contributed by atoms with Crippen molar-refractivity contribution in [2.45, 2.75) is 25.4 Å². The van der Waals surface area contributed by atoms with E-state index in [9.17, 15) is 0 Å². The Bertz CT molecular complexity index is 230. The first-order valence-electron chi connectivity index (χ1n) is 4.07. The van der Waals surface area contributed by atoms with Crippen LogP contribution in [0.2, 0.25) is 0 Å². The summed E-state index contributed by atoms with van der Waals surface area (Å²) in [6.45, 7) is 5.71. The van der Waals surface area contributed by atoms with Crippen molar-refractivity contribution in [3.05, 3.63) is 36.5 Å². The molecule has 0 fully saturated rings. The number of allylic oxidation sites excluding steroid dienone is 3. The van der Waals surface area contributed by atoms with Crippen molar-refractivity contribution < 1.29 is 4.84 Å². The van der Waals surface area contributed by atoms with Crippen LogP contribution in [0.4, 0.5) is 0 Å². The molecule has 12 heavy (non-hydrogen) atoms. The van der Waals surface area contributed by atoms with Crippen LogP contribution in [0.1, 0.15) is 19.8 Å². The van der Waals surface area contributed by atoms with Crippen LogP contribution in [0.15, 0.2) is 36.5 Å². The monoisotopic (exact) mass is 165 g/mol. The fourth-order valence-corrected chi connectivity index (χ4v) is 1.18. The van der Waals surface area contributed by atoms with Crippen LogP contribution in [-0.4, -0.2) is 5.60 Å². The lowest BCUT2D eigenvalue weighted by Crippen LogP contribution is -2.30. The Labute approximate surface area is 73.4 Å². The predicted octanol–water partition coefficient (Wildman–Crippen LogP) is 2.10. The van der Waals surface area contributed by atoms with Gasteiger partial charge in [0.25, 0.3) is 0 Å². The molecular formula is C10H15NO. The molecule has 0 bridgehead atoms. The zero-order chi connectivity index (χ0) is 9.03. The van der Waals surface area contributed by atoms with E-state index in [1.165, 1.54) is 0 Å². The normalized spacial score (nSPS) is 29.3. The highest BCUT2D eigenvalue weighted by Gasteiger charge is 2.22. The minimum Gasteiger partial charge on any atom is -0.298 e. The average molecular weight is 165 g/mol. The summed E-state index contributed by atoms with van der Waals surface area (Å²) in [4.78, 5) is 4.92. The molecule has 2 N–H and O–H groups in total. The Morgan fingerprint density at radius 3 is 3.00 bits per heavy atom. The lowest BCUT2D eigenvalue weighted by molar-refractivity contribution is -0.0289. The molecule has 66 valence electrons. The van der Waals surface area contributed by atoms with Crippen molar-refractivity contribution in [3.8, 4) is 0 Å². The van der Waals surface area contributed by atoms with Gasteiger partial charge in [-0.15, -0.1) is 0 Å². The predicted molar refractivity (Wildman–Crippen MR) is 50.3 cm³/mol. The topological polar surface area (TPSA) is 35.2 Å². The summed E-state index contributed by atoms with van der Waals surface area (Å²) >= 11 is 0. The molecule has 1 aliphatic rings. The summed E-state index contributed by atoms with van der Waals surface area (Å²) in [6.07, 6.45) is 9.70. The van der Waals surface area contributed by atoms with Gasteiger partial charge in [0.2, 0.25) is 0 Å². The van der Waals surface area contributed by atoms with Gasteiger partial charge in [0.15, 0.2) is 0 Å². The van der Waals surface area contributed by atoms with E-state index in [0.717, 1.165) is 18.4 Å². The molecule has 0 spiro atoms. The second-order valence-electron chi connectivity index (χ2n) is 3.29. The van der Waals surface area contributed by atoms with Crippen LogP contribution >= 0.6 is 0 Å². The molecule has 0 radical (unpaired) electrons. The molecule has 1 rings (SSSR count). The zero-order valence-electron chi connectivity index (χ0n) is 7.42. The third kappa shape index (κ3) is 2.06. The highest BCUT2D eigenvalue weighted by molar-refractivity contribution is 5.31. The van der Waals surface area contributed by atoms with E-state index in [1.54, 1.807) is 0 Å². The van der Waals surface area contributed by atoms with Gasteiger partial charge in [-0.2, -0.15) is 0 Å². The van der Waals surface area contributed by atoms with E-state index >= 15 is 0 Å². The highest BCUT2D eigenvalue weighted by Crippen LogP contribution is 2.23. The summed E-state index contributed by atoms with van der Waals surface area (Å²) in [5, 5.41) is 0. The average Bonchev–Trinajstić information content (AvgIpc) is 2.28. The van der Waals surface area contributed by atoms with Crippen molar-refractivity contribution >= 4 is 0 Å². The van der Waals surface area contributed by atoms with E-state index in [1.807, 2.05) is 19.1 Å². The fraction of sp³-hybridized carbons (Fsp3) is 0.400. The van der Waals surface area contributed by atoms with E-state index in [0.29, 0.717) is 0 Å². The van der Waals surface area contributed by atoms with Gasteiger partial charge in [0.1, 0.15) is 0 Å². The Morgan fingerprint density at radius 1 is 1.67 bits per heavy atom. The van der Waals surface area contributed by atoms with Crippen molar-refractivity contribution in [1.29, 1.82) is 0 Å². The molecule has 2 nitrogen and oxygen atoms in total. The molecule has 0 aromatic rings. The van der Waals surface area contributed by atoms with Crippen molar-refractivity contribution in [2.75, 3.05) is 0 Å². The van der Waals surface area contributed by atoms with Crippen LogP contribution in [0, 0.1) is 0 Å². The zero-order valence-corrected chi connectivity index (χ0v) is 7.42. The van der Waals surface area contributed by atoms with Crippen LogP contribution < -0.4 is 5.90 Å². The molecule has 1 unspecified atom stereocenters. The van der Waals surface area contributed by atoms with Gasteiger partial charge < -0.3 is 0 Å². The minimum absolute atomic E-state index is 0.249. The quantitative estimate of drug-likeness (QED) is 0.636. The summed E-state index contributed by atoms with van der Waals surface area (Å²) in [5.41, 5.74) is 0.886. The van der Waals surface area contributed by atoms with E-state index in [4.69, 9.17) is 10.7 Å². The number of nitrogens with two attached hydrogens (primary N) is 1. The lowest BCUT2D eigenvalue weighted by Gasteiger charge is -2.23. The van der Waals surface area contributed by atoms with Gasteiger partial charge in [-0.25, -0.2) is 5.90 Å². The van der Waals surface area contributed by atoms with Gasteiger partial charge in [0.05, 0.1) is 5.60 Å². The smallest absolute Gasteiger partial charge is 0.0934 e. The Balaban J connectivity index is 2.76. The molecule has 0 amide bonds. The maximum absolute atomic E-state index is 5.20. The maximum atomic E-state index is 5.20. The minimum atomic E-state index is -0.249. The van der Waals surface area contributed by atoms with E-state index < -0.39 is 0 Å². The molecule has 0 saturated heterocycles. The van der Waals surface area contributed by atoms with Gasteiger partial charge in [-0.3, -0.25) is 4.84 Å². The standard InChI is InChI=1S/C10H15NO/c1-3-9-5-4-7-10(2,12-11)8-6-9/h3-6H,1,7-8,11H2,2H3. The van der Waals surface area contributed by atoms with Crippen LogP contribution in [0.25, 0.3) is 0 Å². The lowest BCUT2D eigenvalue weighted by atomic mass is 9.99. The Kier molecular flexibility index (Phi) is 2.84. The molecule has 0 heterocycles. The highest BCUT2D eigenvalue weighted by atomic mass is 16.6. The molecule has 0 aromatic carbocycles. The summed E-state index contributed by atoms with van der Waals surface area (Å²) in [7, 11) is 0. The van der Waals surface area contributed by atoms with Crippen LogP contribution in [0.3, 0.4) is 0 Å². The first-order valence-corrected chi connectivity index (χ1v) is 4.07. The van der Waals surface area contributed by atoms with Crippen molar-refractivity contribution in [2.24, 2.45) is 5.90 Å². The van der Waals surface area contributed by atoms with Crippen molar-refractivity contribution in [3.63, 3.8) is 0 Å². The SMILES string of the molecule is C=CC1=CCC(C)(ON)CC=C1. The van der Waals surface area contributed by atoms with Crippen LogP contribution in [0.5, 0.6) is 0 Å². The molecule has 1 aliphatic carbocycles. The maximum Gasteiger partial charge on any atom is 0.0934 e. The summed E-state index contributed by atoms with van der Waals surface area (Å²) in [6, 6.07) is 0. The number of hydrogen-bond donors (Lipinski definition) is 1. The third-order valence-corrected chi connectivity index (χ3v) is 2.15. The molecule has 0 saturated carbocycles. The van der Waals surface area contributed by atoms with Gasteiger partial charge in [-0.1, -0.05) is 30.9 Å². The summed E-state index contributed by atoms with van der Waals surface area (Å²) < 4.78 is 0. The molecule has 1 atom stereocenters. The van der Waals surface area contributed by atoms with Crippen LogP contribution in [-0.2, 0) is 4.84 Å².